The Bertz CT molecular complexity index is 646. The van der Waals surface area contributed by atoms with Gasteiger partial charge in [-0.05, 0) is 42.8 Å². The van der Waals surface area contributed by atoms with Crippen LogP contribution in [0.2, 0.25) is 0 Å². The van der Waals surface area contributed by atoms with E-state index in [2.05, 4.69) is 21.2 Å². The van der Waals surface area contributed by atoms with Crippen molar-refractivity contribution < 1.29 is 18.7 Å². The van der Waals surface area contributed by atoms with E-state index in [9.17, 15) is 13.6 Å². The van der Waals surface area contributed by atoms with Gasteiger partial charge in [0.25, 0.3) is 0 Å². The van der Waals surface area contributed by atoms with E-state index in [1.54, 1.807) is 12.1 Å². The molecule has 0 atom stereocenters. The van der Waals surface area contributed by atoms with Gasteiger partial charge in [-0.3, -0.25) is 0 Å². The monoisotopic (exact) mass is 341 g/mol. The smallest absolute Gasteiger partial charge is 0.335 e. The van der Waals surface area contributed by atoms with Crippen LogP contribution in [-0.4, -0.2) is 11.1 Å². The van der Waals surface area contributed by atoms with Crippen LogP contribution in [0.15, 0.2) is 34.8 Å². The van der Waals surface area contributed by atoms with Crippen LogP contribution in [-0.2, 0) is 0 Å². The molecule has 2 N–H and O–H groups in total. The molecule has 0 saturated heterocycles. The minimum Gasteiger partial charge on any atom is -0.478 e. The van der Waals surface area contributed by atoms with Crippen LogP contribution in [0, 0.1) is 18.6 Å². The van der Waals surface area contributed by atoms with Gasteiger partial charge in [0.1, 0.15) is 5.69 Å². The molecule has 0 spiro atoms. The number of hydrogen-bond acceptors (Lipinski definition) is 2. The number of benzene rings is 2. The molecule has 2 aromatic carbocycles. The summed E-state index contributed by atoms with van der Waals surface area (Å²) in [5.74, 6) is -3.30. The first-order chi connectivity index (χ1) is 9.36. The van der Waals surface area contributed by atoms with Crippen molar-refractivity contribution in [2.24, 2.45) is 0 Å². The SMILES string of the molecule is Cc1cc(Br)cc(Nc2c(F)cc(C(=O)O)cc2F)c1. The minimum absolute atomic E-state index is 0.382. The third kappa shape index (κ3) is 3.14. The Morgan fingerprint density at radius 2 is 1.75 bits per heavy atom. The second-order valence-electron chi connectivity index (χ2n) is 4.26. The first kappa shape index (κ1) is 14.5. The van der Waals surface area contributed by atoms with Crippen molar-refractivity contribution in [3.05, 3.63) is 57.6 Å². The molecule has 0 saturated carbocycles. The molecule has 0 aliphatic heterocycles. The molecule has 6 heteroatoms. The summed E-state index contributed by atoms with van der Waals surface area (Å²) in [5, 5.41) is 11.3. The van der Waals surface area contributed by atoms with Crippen molar-refractivity contribution in [3.63, 3.8) is 0 Å². The fourth-order valence-electron chi connectivity index (χ4n) is 1.77. The van der Waals surface area contributed by atoms with E-state index in [0.29, 0.717) is 5.69 Å². The number of aromatic carboxylic acids is 1. The molecular weight excluding hydrogens is 332 g/mol. The summed E-state index contributed by atoms with van der Waals surface area (Å²) in [6.07, 6.45) is 0. The Balaban J connectivity index is 2.41. The first-order valence-corrected chi connectivity index (χ1v) is 6.42. The second kappa shape index (κ2) is 5.58. The lowest BCUT2D eigenvalue weighted by Crippen LogP contribution is -2.03. The summed E-state index contributed by atoms with van der Waals surface area (Å²) >= 11 is 3.29. The molecule has 0 fully saturated rings. The zero-order valence-electron chi connectivity index (χ0n) is 10.4. The van der Waals surface area contributed by atoms with Crippen molar-refractivity contribution in [3.8, 4) is 0 Å². The lowest BCUT2D eigenvalue weighted by molar-refractivity contribution is 0.0696. The minimum atomic E-state index is -1.38. The summed E-state index contributed by atoms with van der Waals surface area (Å²) in [7, 11) is 0. The molecule has 3 nitrogen and oxygen atoms in total. The molecule has 0 bridgehead atoms. The summed E-state index contributed by atoms with van der Waals surface area (Å²) in [4.78, 5) is 10.7. The van der Waals surface area contributed by atoms with E-state index in [0.717, 1.165) is 22.2 Å². The molecule has 0 aliphatic carbocycles. The number of carboxylic acid groups (broad SMARTS) is 1. The van der Waals surface area contributed by atoms with Crippen LogP contribution < -0.4 is 5.32 Å². The molecule has 0 unspecified atom stereocenters. The summed E-state index contributed by atoms with van der Waals surface area (Å²) in [5.41, 5.74) is 0.589. The Kier molecular flexibility index (Phi) is 4.04. The van der Waals surface area contributed by atoms with E-state index < -0.39 is 23.2 Å². The maximum atomic E-state index is 13.8. The average molecular weight is 342 g/mol. The summed E-state index contributed by atoms with van der Waals surface area (Å²) < 4.78 is 28.3. The van der Waals surface area contributed by atoms with Crippen molar-refractivity contribution in [2.75, 3.05) is 5.32 Å². The molecule has 0 radical (unpaired) electrons. The third-order valence-electron chi connectivity index (χ3n) is 2.60. The number of carboxylic acids is 1. The van der Waals surface area contributed by atoms with Gasteiger partial charge in [-0.2, -0.15) is 0 Å². The Morgan fingerprint density at radius 3 is 2.25 bits per heavy atom. The van der Waals surface area contributed by atoms with Gasteiger partial charge in [-0.15, -0.1) is 0 Å². The predicted octanol–water partition coefficient (Wildman–Crippen LogP) is 4.48. The third-order valence-corrected chi connectivity index (χ3v) is 3.06. The highest BCUT2D eigenvalue weighted by Gasteiger charge is 2.15. The standard InChI is InChI=1S/C14H10BrF2NO2/c1-7-2-9(15)6-10(3-7)18-13-11(16)4-8(14(19)20)5-12(13)17/h2-6,18H,1H3,(H,19,20). The van der Waals surface area contributed by atoms with Gasteiger partial charge >= 0.3 is 5.97 Å². The van der Waals surface area contributed by atoms with Crippen LogP contribution in [0.5, 0.6) is 0 Å². The highest BCUT2D eigenvalue weighted by atomic mass is 79.9. The van der Waals surface area contributed by atoms with Gasteiger partial charge in [-0.25, -0.2) is 13.6 Å². The van der Waals surface area contributed by atoms with Crippen LogP contribution in [0.4, 0.5) is 20.2 Å². The van der Waals surface area contributed by atoms with E-state index in [1.165, 1.54) is 0 Å². The van der Waals surface area contributed by atoms with Crippen molar-refractivity contribution in [1.82, 2.24) is 0 Å². The van der Waals surface area contributed by atoms with Crippen LogP contribution >= 0.6 is 15.9 Å². The van der Waals surface area contributed by atoms with Gasteiger partial charge in [0.2, 0.25) is 0 Å². The van der Waals surface area contributed by atoms with Gasteiger partial charge < -0.3 is 10.4 Å². The largest absolute Gasteiger partial charge is 0.478 e. The Hall–Kier alpha value is -1.95. The number of hydrogen-bond donors (Lipinski definition) is 2. The topological polar surface area (TPSA) is 49.3 Å². The highest BCUT2D eigenvalue weighted by Crippen LogP contribution is 2.27. The number of nitrogens with one attached hydrogen (secondary N) is 1. The van der Waals surface area contributed by atoms with Crippen LogP contribution in [0.3, 0.4) is 0 Å². The van der Waals surface area contributed by atoms with Gasteiger partial charge in [0.15, 0.2) is 11.6 Å². The normalized spacial score (nSPS) is 10.4. The Labute approximate surface area is 122 Å². The maximum absolute atomic E-state index is 13.8. The number of halogens is 3. The number of aryl methyl sites for hydroxylation is 1. The molecule has 104 valence electrons. The fraction of sp³-hybridized carbons (Fsp3) is 0.0714. The molecule has 2 aromatic rings. The van der Waals surface area contributed by atoms with Crippen molar-refractivity contribution >= 4 is 33.3 Å². The summed E-state index contributed by atoms with van der Waals surface area (Å²) in [6, 6.07) is 6.79. The van der Waals surface area contributed by atoms with Gasteiger partial charge in [0.05, 0.1) is 5.56 Å². The molecule has 20 heavy (non-hydrogen) atoms. The number of rotatable bonds is 3. The van der Waals surface area contributed by atoms with Crippen molar-refractivity contribution in [2.45, 2.75) is 6.92 Å². The Morgan fingerprint density at radius 1 is 1.15 bits per heavy atom. The number of carbonyl (C=O) groups is 1. The molecule has 0 aromatic heterocycles. The van der Waals surface area contributed by atoms with E-state index >= 15 is 0 Å². The second-order valence-corrected chi connectivity index (χ2v) is 5.18. The van der Waals surface area contributed by atoms with Crippen molar-refractivity contribution in [1.29, 1.82) is 0 Å². The molecule has 2 rings (SSSR count). The van der Waals surface area contributed by atoms with Gasteiger partial charge in [-0.1, -0.05) is 15.9 Å². The zero-order chi connectivity index (χ0) is 14.9. The van der Waals surface area contributed by atoms with E-state index in [4.69, 9.17) is 5.11 Å². The molecule has 0 amide bonds. The quantitative estimate of drug-likeness (QED) is 0.865. The summed E-state index contributed by atoms with van der Waals surface area (Å²) in [6.45, 7) is 1.84. The predicted molar refractivity (Wildman–Crippen MR) is 75.5 cm³/mol. The lowest BCUT2D eigenvalue weighted by Gasteiger charge is -2.11. The van der Waals surface area contributed by atoms with E-state index in [1.807, 2.05) is 13.0 Å². The maximum Gasteiger partial charge on any atom is 0.335 e. The first-order valence-electron chi connectivity index (χ1n) is 5.63. The van der Waals surface area contributed by atoms with Crippen LogP contribution in [0.25, 0.3) is 0 Å². The number of anilines is 2. The lowest BCUT2D eigenvalue weighted by atomic mass is 10.1. The average Bonchev–Trinajstić information content (AvgIpc) is 2.32. The molecule has 0 heterocycles. The highest BCUT2D eigenvalue weighted by molar-refractivity contribution is 9.10. The molecule has 0 aliphatic rings. The van der Waals surface area contributed by atoms with Crippen LogP contribution in [0.1, 0.15) is 15.9 Å². The van der Waals surface area contributed by atoms with E-state index in [-0.39, 0.29) is 5.69 Å². The zero-order valence-corrected chi connectivity index (χ0v) is 12.0. The molecular formula is C14H10BrF2NO2. The van der Waals surface area contributed by atoms with Gasteiger partial charge in [0, 0.05) is 10.2 Å². The fourth-order valence-corrected chi connectivity index (χ4v) is 2.38.